The summed E-state index contributed by atoms with van der Waals surface area (Å²) in [5.41, 5.74) is 2.42. The van der Waals surface area contributed by atoms with E-state index >= 15 is 0 Å². The molecule has 22 heavy (non-hydrogen) atoms. The molecular weight excluding hydrogens is 282 g/mol. The van der Waals surface area contributed by atoms with Crippen molar-refractivity contribution in [1.29, 1.82) is 5.26 Å². The summed E-state index contributed by atoms with van der Waals surface area (Å²) >= 11 is 0. The first-order chi connectivity index (χ1) is 10.6. The van der Waals surface area contributed by atoms with Gasteiger partial charge in [-0.3, -0.25) is 14.9 Å². The van der Waals surface area contributed by atoms with E-state index in [0.29, 0.717) is 29.8 Å². The van der Waals surface area contributed by atoms with Crippen molar-refractivity contribution >= 4 is 17.3 Å². The Morgan fingerprint density at radius 1 is 1.23 bits per heavy atom. The summed E-state index contributed by atoms with van der Waals surface area (Å²) in [6.45, 7) is 0.495. The van der Waals surface area contributed by atoms with E-state index in [4.69, 9.17) is 5.26 Å². The largest absolute Gasteiger partial charge is 0.308 e. The number of anilines is 1. The molecule has 1 heterocycles. The van der Waals surface area contributed by atoms with Crippen molar-refractivity contribution in [3.63, 3.8) is 0 Å². The van der Waals surface area contributed by atoms with Crippen molar-refractivity contribution in [1.82, 2.24) is 0 Å². The van der Waals surface area contributed by atoms with Gasteiger partial charge in [0, 0.05) is 24.2 Å². The second kappa shape index (κ2) is 5.30. The summed E-state index contributed by atoms with van der Waals surface area (Å²) in [6.07, 6.45) is 0.676. The SMILES string of the molecule is N#Cc1ccc(C(=O)N2CCc3ccc([N+](=O)[O-])cc32)cc1. The number of nitro groups is 1. The van der Waals surface area contributed by atoms with E-state index in [1.807, 2.05) is 6.07 Å². The number of hydrogen-bond acceptors (Lipinski definition) is 4. The Labute approximate surface area is 126 Å². The minimum atomic E-state index is -0.469. The van der Waals surface area contributed by atoms with E-state index < -0.39 is 4.92 Å². The topological polar surface area (TPSA) is 87.2 Å². The van der Waals surface area contributed by atoms with Crippen LogP contribution in [-0.4, -0.2) is 17.4 Å². The second-order valence-electron chi connectivity index (χ2n) is 4.97. The first kappa shape index (κ1) is 13.8. The molecule has 3 rings (SSSR count). The van der Waals surface area contributed by atoms with Crippen LogP contribution in [0.2, 0.25) is 0 Å². The van der Waals surface area contributed by atoms with Gasteiger partial charge in [-0.05, 0) is 36.2 Å². The number of nitriles is 1. The predicted molar refractivity (Wildman–Crippen MR) is 79.6 cm³/mol. The van der Waals surface area contributed by atoms with Crippen LogP contribution in [0.4, 0.5) is 11.4 Å². The van der Waals surface area contributed by atoms with Crippen LogP contribution in [0.15, 0.2) is 42.5 Å². The van der Waals surface area contributed by atoms with Crippen LogP contribution in [0.1, 0.15) is 21.5 Å². The first-order valence-corrected chi connectivity index (χ1v) is 6.69. The van der Waals surface area contributed by atoms with Crippen LogP contribution in [0, 0.1) is 21.4 Å². The molecule has 0 N–H and O–H groups in total. The molecule has 6 heteroatoms. The van der Waals surface area contributed by atoms with Gasteiger partial charge in [-0.15, -0.1) is 0 Å². The van der Waals surface area contributed by atoms with E-state index in [0.717, 1.165) is 5.56 Å². The van der Waals surface area contributed by atoms with Crippen molar-refractivity contribution in [2.75, 3.05) is 11.4 Å². The second-order valence-corrected chi connectivity index (χ2v) is 4.97. The monoisotopic (exact) mass is 293 g/mol. The normalized spacial score (nSPS) is 12.6. The highest BCUT2D eigenvalue weighted by molar-refractivity contribution is 6.07. The number of fused-ring (bicyclic) bond motifs is 1. The molecule has 0 radical (unpaired) electrons. The molecule has 0 aliphatic carbocycles. The van der Waals surface area contributed by atoms with Crippen molar-refractivity contribution < 1.29 is 9.72 Å². The maximum Gasteiger partial charge on any atom is 0.271 e. The van der Waals surface area contributed by atoms with Crippen molar-refractivity contribution in [3.8, 4) is 6.07 Å². The fourth-order valence-corrected chi connectivity index (χ4v) is 2.54. The number of carbonyl (C=O) groups is 1. The molecule has 0 bridgehead atoms. The summed E-state index contributed by atoms with van der Waals surface area (Å²) < 4.78 is 0. The molecule has 2 aromatic rings. The highest BCUT2D eigenvalue weighted by Crippen LogP contribution is 2.32. The van der Waals surface area contributed by atoms with Gasteiger partial charge in [0.05, 0.1) is 22.2 Å². The highest BCUT2D eigenvalue weighted by Gasteiger charge is 2.27. The fourth-order valence-electron chi connectivity index (χ4n) is 2.54. The van der Waals surface area contributed by atoms with E-state index in [2.05, 4.69) is 0 Å². The van der Waals surface area contributed by atoms with Crippen LogP contribution < -0.4 is 4.90 Å². The maximum atomic E-state index is 12.6. The van der Waals surface area contributed by atoms with Gasteiger partial charge >= 0.3 is 0 Å². The smallest absolute Gasteiger partial charge is 0.271 e. The Kier molecular flexibility index (Phi) is 3.31. The van der Waals surface area contributed by atoms with Crippen LogP contribution >= 0.6 is 0 Å². The Bertz CT molecular complexity index is 806. The minimum Gasteiger partial charge on any atom is -0.308 e. The lowest BCUT2D eigenvalue weighted by Gasteiger charge is -2.17. The molecule has 0 spiro atoms. The fraction of sp³-hybridized carbons (Fsp3) is 0.125. The molecule has 0 fully saturated rings. The van der Waals surface area contributed by atoms with Crippen molar-refractivity contribution in [3.05, 3.63) is 69.3 Å². The maximum absolute atomic E-state index is 12.6. The lowest BCUT2D eigenvalue weighted by atomic mass is 10.1. The van der Waals surface area contributed by atoms with Crippen molar-refractivity contribution in [2.45, 2.75) is 6.42 Å². The summed E-state index contributed by atoms with van der Waals surface area (Å²) in [5, 5.41) is 19.7. The van der Waals surface area contributed by atoms with Crippen LogP contribution in [-0.2, 0) is 6.42 Å². The number of non-ortho nitro benzene ring substituents is 1. The zero-order valence-corrected chi connectivity index (χ0v) is 11.5. The van der Waals surface area contributed by atoms with Gasteiger partial charge in [0.25, 0.3) is 11.6 Å². The lowest BCUT2D eigenvalue weighted by molar-refractivity contribution is -0.384. The van der Waals surface area contributed by atoms with Gasteiger partial charge in [0.2, 0.25) is 0 Å². The molecule has 108 valence electrons. The van der Waals surface area contributed by atoms with Gasteiger partial charge < -0.3 is 4.90 Å². The molecule has 0 saturated carbocycles. The molecule has 0 aromatic heterocycles. The Morgan fingerprint density at radius 3 is 2.59 bits per heavy atom. The summed E-state index contributed by atoms with van der Waals surface area (Å²) in [6, 6.07) is 12.9. The third-order valence-corrected chi connectivity index (χ3v) is 3.68. The number of hydrogen-bond donors (Lipinski definition) is 0. The number of amides is 1. The Hall–Kier alpha value is -3.20. The van der Waals surface area contributed by atoms with Gasteiger partial charge in [0.15, 0.2) is 0 Å². The number of carbonyl (C=O) groups excluding carboxylic acids is 1. The molecule has 0 atom stereocenters. The minimum absolute atomic E-state index is 0.0294. The molecule has 0 saturated heterocycles. The van der Waals surface area contributed by atoms with Gasteiger partial charge in [0.1, 0.15) is 0 Å². The van der Waals surface area contributed by atoms with Gasteiger partial charge in [-0.25, -0.2) is 0 Å². The molecular formula is C16H11N3O3. The first-order valence-electron chi connectivity index (χ1n) is 6.69. The number of rotatable bonds is 2. The zero-order chi connectivity index (χ0) is 15.7. The Balaban J connectivity index is 1.94. The molecule has 1 amide bonds. The molecule has 6 nitrogen and oxygen atoms in total. The average molecular weight is 293 g/mol. The summed E-state index contributed by atoms with van der Waals surface area (Å²) in [4.78, 5) is 24.5. The third kappa shape index (κ3) is 2.29. The van der Waals surface area contributed by atoms with Gasteiger partial charge in [-0.2, -0.15) is 5.26 Å². The zero-order valence-electron chi connectivity index (χ0n) is 11.5. The van der Waals surface area contributed by atoms with Crippen LogP contribution in [0.25, 0.3) is 0 Å². The van der Waals surface area contributed by atoms with E-state index in [9.17, 15) is 14.9 Å². The van der Waals surface area contributed by atoms with Crippen LogP contribution in [0.5, 0.6) is 0 Å². The summed E-state index contributed by atoms with van der Waals surface area (Å²) in [7, 11) is 0. The predicted octanol–water partition coefficient (Wildman–Crippen LogP) is 2.67. The van der Waals surface area contributed by atoms with Crippen LogP contribution in [0.3, 0.4) is 0 Å². The molecule has 2 aromatic carbocycles. The number of nitrogens with zero attached hydrogens (tertiary/aromatic N) is 3. The standard InChI is InChI=1S/C16H11N3O3/c17-10-11-1-3-13(4-2-11)16(20)18-8-7-12-5-6-14(19(21)22)9-15(12)18/h1-6,9H,7-8H2. The number of nitro benzene ring substituents is 1. The Morgan fingerprint density at radius 2 is 1.95 bits per heavy atom. The van der Waals surface area contributed by atoms with E-state index in [1.54, 1.807) is 35.2 Å². The lowest BCUT2D eigenvalue weighted by Crippen LogP contribution is -2.28. The third-order valence-electron chi connectivity index (χ3n) is 3.68. The molecule has 1 aliphatic heterocycles. The quantitative estimate of drug-likeness (QED) is 0.629. The number of benzene rings is 2. The van der Waals surface area contributed by atoms with E-state index in [1.165, 1.54) is 12.1 Å². The molecule has 1 aliphatic rings. The van der Waals surface area contributed by atoms with Crippen molar-refractivity contribution in [2.24, 2.45) is 0 Å². The summed E-state index contributed by atoms with van der Waals surface area (Å²) in [5.74, 6) is -0.219. The molecule has 0 unspecified atom stereocenters. The van der Waals surface area contributed by atoms with E-state index in [-0.39, 0.29) is 11.6 Å². The highest BCUT2D eigenvalue weighted by atomic mass is 16.6. The van der Waals surface area contributed by atoms with Gasteiger partial charge in [-0.1, -0.05) is 6.07 Å². The average Bonchev–Trinajstić information content (AvgIpc) is 2.97.